The normalized spacial score (nSPS) is 20.6. The monoisotopic (exact) mass is 688 g/mol. The predicted molar refractivity (Wildman–Crippen MR) is 179 cm³/mol. The van der Waals surface area contributed by atoms with Gasteiger partial charge in [0, 0.05) is 49.2 Å². The molecule has 1 unspecified atom stereocenters. The Bertz CT molecular complexity index is 1940. The fourth-order valence-electron chi connectivity index (χ4n) is 6.25. The molecule has 13 nitrogen and oxygen atoms in total. The van der Waals surface area contributed by atoms with Crippen LogP contribution in [0, 0.1) is 11.6 Å². The van der Waals surface area contributed by atoms with Crippen LogP contribution in [0.2, 0.25) is 0 Å². The van der Waals surface area contributed by atoms with Gasteiger partial charge in [0.05, 0.1) is 24.4 Å². The number of anilines is 2. The van der Waals surface area contributed by atoms with E-state index in [-0.39, 0.29) is 31.0 Å². The van der Waals surface area contributed by atoms with Crippen molar-refractivity contribution in [2.24, 2.45) is 0 Å². The average Bonchev–Trinajstić information content (AvgIpc) is 3.88. The highest BCUT2D eigenvalue weighted by Crippen LogP contribution is 2.38. The number of ether oxygens (including phenoxy) is 3. The van der Waals surface area contributed by atoms with E-state index in [0.717, 1.165) is 43.6 Å². The van der Waals surface area contributed by atoms with Gasteiger partial charge in [0.1, 0.15) is 55.6 Å². The zero-order chi connectivity index (χ0) is 34.8. The van der Waals surface area contributed by atoms with E-state index in [4.69, 9.17) is 14.2 Å². The SMILES string of the molecule is CC([C@H](C)O)n1ncn(-c2ccc(N3CCN(c4ccc(OC[C@@H]5CO[C@@](Cn6cncn6)(c6ccc(F)cc6F)O5)cc4)CC3)cc2)c1=O. The summed E-state index contributed by atoms with van der Waals surface area (Å²) < 4.78 is 51.1. The van der Waals surface area contributed by atoms with Crippen LogP contribution in [0.4, 0.5) is 20.2 Å². The highest BCUT2D eigenvalue weighted by atomic mass is 19.1. The maximum atomic E-state index is 14.9. The molecule has 2 aliphatic rings. The van der Waals surface area contributed by atoms with Gasteiger partial charge < -0.3 is 29.1 Å². The molecule has 50 heavy (non-hydrogen) atoms. The first-order valence-electron chi connectivity index (χ1n) is 16.5. The van der Waals surface area contributed by atoms with Crippen molar-refractivity contribution in [3.05, 3.63) is 113 Å². The van der Waals surface area contributed by atoms with E-state index in [2.05, 4.69) is 25.0 Å². The minimum absolute atomic E-state index is 0.0259. The topological polar surface area (TPSA) is 125 Å². The number of piperazine rings is 1. The molecule has 4 heterocycles. The van der Waals surface area contributed by atoms with Crippen LogP contribution >= 0.6 is 0 Å². The van der Waals surface area contributed by atoms with Crippen molar-refractivity contribution in [3.8, 4) is 11.4 Å². The third-order valence-electron chi connectivity index (χ3n) is 9.23. The van der Waals surface area contributed by atoms with Crippen LogP contribution in [0.3, 0.4) is 0 Å². The first-order chi connectivity index (χ1) is 24.2. The largest absolute Gasteiger partial charge is 0.491 e. The van der Waals surface area contributed by atoms with E-state index in [1.165, 1.54) is 45.0 Å². The molecule has 0 saturated carbocycles. The number of aliphatic hydroxyl groups is 1. The van der Waals surface area contributed by atoms with Crippen LogP contribution in [0.1, 0.15) is 25.5 Å². The van der Waals surface area contributed by atoms with Crippen LogP contribution in [0.5, 0.6) is 5.75 Å². The summed E-state index contributed by atoms with van der Waals surface area (Å²) in [5, 5.41) is 18.1. The molecule has 0 radical (unpaired) electrons. The van der Waals surface area contributed by atoms with E-state index in [0.29, 0.717) is 11.4 Å². The van der Waals surface area contributed by atoms with Gasteiger partial charge >= 0.3 is 5.69 Å². The smallest absolute Gasteiger partial charge is 0.350 e. The molecule has 0 aliphatic carbocycles. The maximum absolute atomic E-state index is 14.9. The number of halogens is 2. The van der Waals surface area contributed by atoms with Crippen molar-refractivity contribution >= 4 is 11.4 Å². The Labute approximate surface area is 286 Å². The number of hydrogen-bond donors (Lipinski definition) is 1. The van der Waals surface area contributed by atoms with Crippen molar-refractivity contribution in [1.82, 2.24) is 29.1 Å². The third kappa shape index (κ3) is 6.84. The van der Waals surface area contributed by atoms with E-state index in [9.17, 15) is 18.7 Å². The van der Waals surface area contributed by atoms with Gasteiger partial charge in [-0.15, -0.1) is 0 Å². The average molecular weight is 689 g/mol. The van der Waals surface area contributed by atoms with Gasteiger partial charge in [-0.1, -0.05) is 0 Å². The van der Waals surface area contributed by atoms with Gasteiger partial charge in [0.2, 0.25) is 5.79 Å². The molecule has 1 N–H and O–H groups in total. The second-order valence-corrected chi connectivity index (χ2v) is 12.5. The summed E-state index contributed by atoms with van der Waals surface area (Å²) in [5.41, 5.74) is 2.64. The fraction of sp³-hybridized carbons (Fsp3) is 0.371. The lowest BCUT2D eigenvalue weighted by atomic mass is 10.0. The second-order valence-electron chi connectivity index (χ2n) is 12.5. The Morgan fingerprint density at radius 2 is 1.58 bits per heavy atom. The zero-order valence-corrected chi connectivity index (χ0v) is 27.7. The Hall–Kier alpha value is -5.12. The molecule has 2 saturated heterocycles. The standard InChI is InChI=1S/C35H38F2N8O5/c1-24(25(2)46)45-34(47)44(23-40-45)29-6-4-27(5-7-29)41-13-15-42(16-14-41)28-8-10-30(11-9-28)48-18-31-19-49-35(50-31,20-43-22-38-21-39-43)32-12-3-26(36)17-33(32)37/h3-12,17,21-25,31,46H,13-16,18-20H2,1-2H3/t24?,25-,31+,35+/m0/s1. The summed E-state index contributed by atoms with van der Waals surface area (Å²) in [4.78, 5) is 21.4. The number of benzene rings is 3. The number of aromatic nitrogens is 6. The fourth-order valence-corrected chi connectivity index (χ4v) is 6.25. The second kappa shape index (κ2) is 14.0. The molecule has 3 aromatic carbocycles. The number of aliphatic hydroxyl groups excluding tert-OH is 1. The summed E-state index contributed by atoms with van der Waals surface area (Å²) in [6, 6.07) is 18.5. The van der Waals surface area contributed by atoms with Crippen LogP contribution in [-0.2, 0) is 21.8 Å². The summed E-state index contributed by atoms with van der Waals surface area (Å²) in [6.07, 6.45) is 3.11. The molecule has 262 valence electrons. The van der Waals surface area contributed by atoms with Crippen molar-refractivity contribution < 1.29 is 28.1 Å². The van der Waals surface area contributed by atoms with Crippen LogP contribution in [0.15, 0.2) is 90.5 Å². The minimum Gasteiger partial charge on any atom is -0.491 e. The van der Waals surface area contributed by atoms with Crippen molar-refractivity contribution in [2.45, 2.75) is 44.4 Å². The summed E-state index contributed by atoms with van der Waals surface area (Å²) >= 11 is 0. The quantitative estimate of drug-likeness (QED) is 0.221. The predicted octanol–water partition coefficient (Wildman–Crippen LogP) is 3.52. The molecule has 0 amide bonds. The minimum atomic E-state index is -1.52. The van der Waals surface area contributed by atoms with Crippen molar-refractivity contribution in [2.75, 3.05) is 49.2 Å². The lowest BCUT2D eigenvalue weighted by Gasteiger charge is -2.37. The highest BCUT2D eigenvalue weighted by molar-refractivity contribution is 5.54. The zero-order valence-electron chi connectivity index (χ0n) is 27.7. The summed E-state index contributed by atoms with van der Waals surface area (Å²) in [5.74, 6) is -2.33. The number of nitrogens with zero attached hydrogens (tertiary/aromatic N) is 8. The molecule has 2 aliphatic heterocycles. The lowest BCUT2D eigenvalue weighted by Crippen LogP contribution is -2.46. The Kier molecular flexibility index (Phi) is 9.35. The van der Waals surface area contributed by atoms with E-state index in [1.54, 1.807) is 13.8 Å². The van der Waals surface area contributed by atoms with E-state index < -0.39 is 35.7 Å². The molecular weight excluding hydrogens is 650 g/mol. The van der Waals surface area contributed by atoms with E-state index in [1.807, 2.05) is 48.5 Å². The Morgan fingerprint density at radius 3 is 2.20 bits per heavy atom. The molecule has 2 fully saturated rings. The lowest BCUT2D eigenvalue weighted by molar-refractivity contribution is -0.192. The van der Waals surface area contributed by atoms with Crippen LogP contribution in [0.25, 0.3) is 5.69 Å². The molecular formula is C35H38F2N8O5. The maximum Gasteiger partial charge on any atom is 0.350 e. The first kappa shape index (κ1) is 33.4. The van der Waals surface area contributed by atoms with Gasteiger partial charge in [-0.2, -0.15) is 10.2 Å². The molecule has 0 spiro atoms. The molecule has 15 heteroatoms. The van der Waals surface area contributed by atoms with E-state index >= 15 is 0 Å². The van der Waals surface area contributed by atoms with Gasteiger partial charge in [-0.05, 0) is 74.5 Å². The molecule has 4 atom stereocenters. The highest BCUT2D eigenvalue weighted by Gasteiger charge is 2.46. The van der Waals surface area contributed by atoms with Crippen molar-refractivity contribution in [3.63, 3.8) is 0 Å². The Morgan fingerprint density at radius 1 is 0.920 bits per heavy atom. The van der Waals surface area contributed by atoms with Crippen LogP contribution in [-0.4, -0.2) is 85.8 Å². The number of hydrogen-bond acceptors (Lipinski definition) is 10. The number of rotatable bonds is 11. The third-order valence-corrected chi connectivity index (χ3v) is 9.23. The van der Waals surface area contributed by atoms with Gasteiger partial charge in [-0.25, -0.2) is 32.5 Å². The van der Waals surface area contributed by atoms with Gasteiger partial charge in [0.25, 0.3) is 0 Å². The van der Waals surface area contributed by atoms with Gasteiger partial charge in [-0.3, -0.25) is 0 Å². The van der Waals surface area contributed by atoms with Gasteiger partial charge in [0.15, 0.2) is 0 Å². The molecule has 7 rings (SSSR count). The molecule has 0 bridgehead atoms. The van der Waals surface area contributed by atoms with Crippen LogP contribution < -0.4 is 20.2 Å². The summed E-state index contributed by atoms with van der Waals surface area (Å²) in [7, 11) is 0. The molecule has 2 aromatic heterocycles. The molecule has 5 aromatic rings. The Balaban J connectivity index is 0.924. The van der Waals surface area contributed by atoms with Crippen molar-refractivity contribution in [1.29, 1.82) is 0 Å². The first-order valence-corrected chi connectivity index (χ1v) is 16.5. The summed E-state index contributed by atoms with van der Waals surface area (Å²) in [6.45, 7) is 7.02.